The second-order valence-electron chi connectivity index (χ2n) is 4.12. The third kappa shape index (κ3) is 3.60. The van der Waals surface area contributed by atoms with Gasteiger partial charge in [0.15, 0.2) is 0 Å². The molecule has 1 heterocycles. The lowest BCUT2D eigenvalue weighted by atomic mass is 10.0. The number of nitrogens with one attached hydrogen (secondary N) is 1. The van der Waals surface area contributed by atoms with Gasteiger partial charge in [-0.2, -0.15) is 0 Å². The van der Waals surface area contributed by atoms with Crippen LogP contribution in [0.5, 0.6) is 0 Å². The Morgan fingerprint density at radius 1 is 1.32 bits per heavy atom. The second kappa shape index (κ2) is 6.56. The van der Waals surface area contributed by atoms with Crippen LogP contribution in [0.15, 0.2) is 34.1 Å². The van der Waals surface area contributed by atoms with Crippen LogP contribution in [0.3, 0.4) is 0 Å². The molecule has 1 atom stereocenters. The number of benzene rings is 1. The quantitative estimate of drug-likeness (QED) is 0.635. The molecule has 102 valence electrons. The van der Waals surface area contributed by atoms with Crippen molar-refractivity contribution < 1.29 is 8.78 Å². The summed E-state index contributed by atoms with van der Waals surface area (Å²) < 4.78 is 28.1. The normalized spacial score (nSPS) is 12.6. The molecule has 0 saturated carbocycles. The molecule has 0 bridgehead atoms. The van der Waals surface area contributed by atoms with Gasteiger partial charge >= 0.3 is 0 Å². The highest BCUT2D eigenvalue weighted by molar-refractivity contribution is 9.10. The van der Waals surface area contributed by atoms with Crippen LogP contribution in [0.1, 0.15) is 22.9 Å². The van der Waals surface area contributed by atoms with Crippen molar-refractivity contribution in [2.75, 3.05) is 0 Å². The highest BCUT2D eigenvalue weighted by Gasteiger charge is 2.20. The molecule has 6 heteroatoms. The molecule has 19 heavy (non-hydrogen) atoms. The fraction of sp³-hybridized carbons (Fsp3) is 0.231. The largest absolute Gasteiger partial charge is 0.271 e. The van der Waals surface area contributed by atoms with E-state index >= 15 is 0 Å². The molecule has 1 aromatic heterocycles. The first kappa shape index (κ1) is 14.6. The molecule has 0 amide bonds. The zero-order valence-corrected chi connectivity index (χ0v) is 12.4. The minimum absolute atomic E-state index is 0.0118. The first-order valence-corrected chi connectivity index (χ1v) is 7.42. The summed E-state index contributed by atoms with van der Waals surface area (Å²) in [7, 11) is 0. The molecule has 2 nitrogen and oxygen atoms in total. The average Bonchev–Trinajstić information content (AvgIpc) is 2.85. The summed E-state index contributed by atoms with van der Waals surface area (Å²) in [6.07, 6.45) is 1.26. The van der Waals surface area contributed by atoms with E-state index in [0.29, 0.717) is 10.9 Å². The van der Waals surface area contributed by atoms with Crippen LogP contribution in [-0.2, 0) is 6.42 Å². The van der Waals surface area contributed by atoms with E-state index in [2.05, 4.69) is 21.4 Å². The van der Waals surface area contributed by atoms with Crippen LogP contribution in [0, 0.1) is 11.6 Å². The number of rotatable bonds is 5. The monoisotopic (exact) mass is 346 g/mol. The predicted molar refractivity (Wildman–Crippen MR) is 76.8 cm³/mol. The minimum atomic E-state index is -0.596. The van der Waals surface area contributed by atoms with E-state index < -0.39 is 17.7 Å². The van der Waals surface area contributed by atoms with Crippen molar-refractivity contribution in [3.63, 3.8) is 0 Å². The highest BCUT2D eigenvalue weighted by Crippen LogP contribution is 2.27. The van der Waals surface area contributed by atoms with Crippen LogP contribution >= 0.6 is 27.3 Å². The van der Waals surface area contributed by atoms with Gasteiger partial charge in [0.1, 0.15) is 11.6 Å². The molecule has 1 unspecified atom stereocenters. The van der Waals surface area contributed by atoms with Gasteiger partial charge in [0.25, 0.3) is 0 Å². The first-order valence-electron chi connectivity index (χ1n) is 5.74. The van der Waals surface area contributed by atoms with Crippen molar-refractivity contribution in [2.45, 2.75) is 18.9 Å². The maximum atomic E-state index is 13.9. The molecule has 0 aliphatic rings. The summed E-state index contributed by atoms with van der Waals surface area (Å²) in [6.45, 7) is 0. The molecule has 0 radical (unpaired) electrons. The lowest BCUT2D eigenvalue weighted by Crippen LogP contribution is -2.30. The Balaban J connectivity index is 2.17. The standard InChI is InChI=1S/C13H13BrF2N2S/c14-8-6-10(15)13(11(16)7-8)12(18-17)4-3-9-2-1-5-19-9/h1-2,5-7,12,18H,3-4,17H2. The van der Waals surface area contributed by atoms with Crippen molar-refractivity contribution in [1.82, 2.24) is 5.43 Å². The van der Waals surface area contributed by atoms with Gasteiger partial charge in [0.05, 0.1) is 6.04 Å². The summed E-state index contributed by atoms with van der Waals surface area (Å²) in [4.78, 5) is 1.16. The molecule has 0 fully saturated rings. The van der Waals surface area contributed by atoms with E-state index in [1.807, 2.05) is 17.5 Å². The van der Waals surface area contributed by atoms with Crippen molar-refractivity contribution >= 4 is 27.3 Å². The zero-order valence-electron chi connectivity index (χ0n) is 10.00. The molecule has 0 aliphatic carbocycles. The molecule has 2 aromatic rings. The van der Waals surface area contributed by atoms with Crippen LogP contribution in [0.2, 0.25) is 0 Å². The van der Waals surface area contributed by atoms with Gasteiger partial charge in [-0.1, -0.05) is 22.0 Å². The lowest BCUT2D eigenvalue weighted by molar-refractivity contribution is 0.454. The number of hydrogen-bond acceptors (Lipinski definition) is 3. The summed E-state index contributed by atoms with van der Waals surface area (Å²) in [5, 5.41) is 1.97. The molecule has 0 spiro atoms. The Hall–Kier alpha value is -0.820. The third-order valence-corrected chi connectivity index (χ3v) is 4.25. The lowest BCUT2D eigenvalue weighted by Gasteiger charge is -2.17. The van der Waals surface area contributed by atoms with E-state index in [1.54, 1.807) is 11.3 Å². The number of halogens is 3. The number of aryl methyl sites for hydroxylation is 1. The first-order chi connectivity index (χ1) is 9.11. The molecule has 1 aromatic carbocycles. The number of nitrogens with two attached hydrogens (primary N) is 1. The topological polar surface area (TPSA) is 38.0 Å². The Morgan fingerprint density at radius 2 is 2.00 bits per heavy atom. The van der Waals surface area contributed by atoms with Crippen molar-refractivity contribution in [3.8, 4) is 0 Å². The molecule has 2 rings (SSSR count). The predicted octanol–water partition coefficient (Wildman–Crippen LogP) is 3.93. The molecular weight excluding hydrogens is 334 g/mol. The number of hydrazine groups is 1. The molecule has 0 saturated heterocycles. The minimum Gasteiger partial charge on any atom is -0.271 e. The second-order valence-corrected chi connectivity index (χ2v) is 6.07. The maximum Gasteiger partial charge on any atom is 0.132 e. The number of hydrogen-bond donors (Lipinski definition) is 2. The highest BCUT2D eigenvalue weighted by atomic mass is 79.9. The molecule has 0 aliphatic heterocycles. The van der Waals surface area contributed by atoms with Crippen LogP contribution in [0.4, 0.5) is 8.78 Å². The zero-order chi connectivity index (χ0) is 13.8. The van der Waals surface area contributed by atoms with Crippen molar-refractivity contribution in [2.24, 2.45) is 5.84 Å². The maximum absolute atomic E-state index is 13.9. The van der Waals surface area contributed by atoms with E-state index in [0.717, 1.165) is 11.3 Å². The summed E-state index contributed by atoms with van der Waals surface area (Å²) in [5.41, 5.74) is 2.48. The fourth-order valence-corrected chi connectivity index (χ4v) is 3.07. The van der Waals surface area contributed by atoms with Crippen LogP contribution in [0.25, 0.3) is 0 Å². The smallest absolute Gasteiger partial charge is 0.132 e. The van der Waals surface area contributed by atoms with Gasteiger partial charge in [0, 0.05) is 14.9 Å². The van der Waals surface area contributed by atoms with Gasteiger partial charge in [-0.25, -0.2) is 8.78 Å². The van der Waals surface area contributed by atoms with E-state index in [4.69, 9.17) is 5.84 Å². The van der Waals surface area contributed by atoms with Gasteiger partial charge < -0.3 is 0 Å². The van der Waals surface area contributed by atoms with E-state index in [1.165, 1.54) is 12.1 Å². The SMILES string of the molecule is NNC(CCc1cccs1)c1c(F)cc(Br)cc1F. The van der Waals surface area contributed by atoms with Crippen LogP contribution in [-0.4, -0.2) is 0 Å². The Kier molecular flexibility index (Phi) is 5.04. The van der Waals surface area contributed by atoms with E-state index in [-0.39, 0.29) is 5.56 Å². The average molecular weight is 347 g/mol. The fourth-order valence-electron chi connectivity index (χ4n) is 1.94. The molecular formula is C13H13BrF2N2S. The summed E-state index contributed by atoms with van der Waals surface area (Å²) >= 11 is 4.68. The van der Waals surface area contributed by atoms with E-state index in [9.17, 15) is 8.78 Å². The van der Waals surface area contributed by atoms with Crippen molar-refractivity contribution in [1.29, 1.82) is 0 Å². The van der Waals surface area contributed by atoms with Gasteiger partial charge in [-0.15, -0.1) is 11.3 Å². The summed E-state index contributed by atoms with van der Waals surface area (Å²) in [5.74, 6) is 4.24. The van der Waals surface area contributed by atoms with Crippen molar-refractivity contribution in [3.05, 3.63) is 56.2 Å². The number of thiophene rings is 1. The summed E-state index contributed by atoms with van der Waals surface area (Å²) in [6, 6.07) is 5.88. The van der Waals surface area contributed by atoms with Gasteiger partial charge in [-0.3, -0.25) is 11.3 Å². The van der Waals surface area contributed by atoms with Gasteiger partial charge in [0.2, 0.25) is 0 Å². The third-order valence-electron chi connectivity index (χ3n) is 2.85. The molecule has 3 N–H and O–H groups in total. The van der Waals surface area contributed by atoms with Gasteiger partial charge in [-0.05, 0) is 36.4 Å². The Labute approximate surface area is 122 Å². The Bertz CT molecular complexity index is 523. The van der Waals surface area contributed by atoms with Crippen LogP contribution < -0.4 is 11.3 Å². The Morgan fingerprint density at radius 3 is 2.53 bits per heavy atom.